The highest BCUT2D eigenvalue weighted by atomic mass is 35.5. The van der Waals surface area contributed by atoms with E-state index in [1.165, 1.54) is 0 Å². The molecule has 0 fully saturated rings. The summed E-state index contributed by atoms with van der Waals surface area (Å²) in [6.07, 6.45) is 1.80. The van der Waals surface area contributed by atoms with Crippen LogP contribution in [0.25, 0.3) is 0 Å². The fraction of sp³-hybridized carbons (Fsp3) is 0.636. The van der Waals surface area contributed by atoms with E-state index >= 15 is 0 Å². The minimum atomic E-state index is -0.119. The molecule has 1 rings (SSSR count). The van der Waals surface area contributed by atoms with Gasteiger partial charge in [-0.1, -0.05) is 39.3 Å². The van der Waals surface area contributed by atoms with E-state index in [0.29, 0.717) is 11.0 Å². The Balaban J connectivity index is 3.22. The zero-order valence-electron chi connectivity index (χ0n) is 9.76. The Morgan fingerprint density at radius 3 is 2.27 bits per heavy atom. The summed E-state index contributed by atoms with van der Waals surface area (Å²) in [7, 11) is 0. The van der Waals surface area contributed by atoms with Gasteiger partial charge in [-0.3, -0.25) is 0 Å². The second kappa shape index (κ2) is 4.35. The van der Waals surface area contributed by atoms with Crippen molar-refractivity contribution in [2.45, 2.75) is 46.0 Å². The third-order valence-corrected chi connectivity index (χ3v) is 2.44. The summed E-state index contributed by atoms with van der Waals surface area (Å²) in [6, 6.07) is 0. The number of aryl methyl sites for hydroxylation is 1. The molecule has 0 aliphatic heterocycles. The number of rotatable bonds is 2. The van der Waals surface area contributed by atoms with Crippen molar-refractivity contribution in [1.29, 1.82) is 0 Å². The molecular formula is C11H18ClN3. The molecule has 0 atom stereocenters. The Labute approximate surface area is 96.1 Å². The van der Waals surface area contributed by atoms with Crippen LogP contribution in [0.2, 0.25) is 5.15 Å². The van der Waals surface area contributed by atoms with Gasteiger partial charge in [0.1, 0.15) is 16.8 Å². The zero-order valence-corrected chi connectivity index (χ0v) is 10.5. The van der Waals surface area contributed by atoms with E-state index in [4.69, 9.17) is 17.3 Å². The molecule has 4 heteroatoms. The summed E-state index contributed by atoms with van der Waals surface area (Å²) in [4.78, 5) is 8.54. The Morgan fingerprint density at radius 1 is 1.27 bits per heavy atom. The van der Waals surface area contributed by atoms with E-state index in [0.717, 1.165) is 24.2 Å². The first-order chi connectivity index (χ1) is 6.86. The average Bonchev–Trinajstić information content (AvgIpc) is 1.99. The van der Waals surface area contributed by atoms with Gasteiger partial charge in [0.15, 0.2) is 0 Å². The molecule has 3 nitrogen and oxygen atoms in total. The third-order valence-electron chi connectivity index (χ3n) is 2.16. The van der Waals surface area contributed by atoms with Crippen molar-refractivity contribution in [1.82, 2.24) is 9.97 Å². The van der Waals surface area contributed by atoms with Crippen molar-refractivity contribution >= 4 is 17.4 Å². The number of hydrogen-bond acceptors (Lipinski definition) is 3. The van der Waals surface area contributed by atoms with E-state index in [2.05, 4.69) is 16.9 Å². The average molecular weight is 228 g/mol. The Bertz CT molecular complexity index is 332. The highest BCUT2D eigenvalue weighted by Gasteiger charge is 2.23. The van der Waals surface area contributed by atoms with Crippen LogP contribution in [0.1, 0.15) is 45.5 Å². The lowest BCUT2D eigenvalue weighted by Gasteiger charge is -2.21. The van der Waals surface area contributed by atoms with Crippen molar-refractivity contribution < 1.29 is 0 Å². The predicted octanol–water partition coefficient (Wildman–Crippen LogP) is 2.96. The van der Waals surface area contributed by atoms with Crippen molar-refractivity contribution in [3.8, 4) is 0 Å². The number of nitrogens with two attached hydrogens (primary N) is 1. The number of hydrogen-bond donors (Lipinski definition) is 1. The van der Waals surface area contributed by atoms with Gasteiger partial charge in [0.25, 0.3) is 0 Å². The highest BCUT2D eigenvalue weighted by molar-refractivity contribution is 6.30. The first-order valence-electron chi connectivity index (χ1n) is 5.18. The third kappa shape index (κ3) is 2.81. The van der Waals surface area contributed by atoms with Gasteiger partial charge < -0.3 is 5.73 Å². The molecule has 0 aliphatic carbocycles. The Morgan fingerprint density at radius 2 is 1.87 bits per heavy atom. The van der Waals surface area contributed by atoms with Gasteiger partial charge in [-0.15, -0.1) is 0 Å². The molecule has 0 aromatic carbocycles. The van der Waals surface area contributed by atoms with Crippen LogP contribution >= 0.6 is 11.6 Å². The summed E-state index contributed by atoms with van der Waals surface area (Å²) < 4.78 is 0. The molecule has 0 saturated carbocycles. The molecule has 1 heterocycles. The van der Waals surface area contributed by atoms with Crippen LogP contribution in [0.5, 0.6) is 0 Å². The fourth-order valence-corrected chi connectivity index (χ4v) is 2.00. The number of halogens is 1. The number of anilines is 1. The lowest BCUT2D eigenvalue weighted by atomic mass is 9.88. The van der Waals surface area contributed by atoms with E-state index < -0.39 is 0 Å². The standard InChI is InChI=1S/C11H18ClN3/c1-5-6-7-14-9(12)8(10(13)15-7)11(2,3)4/h5-6H2,1-4H3,(H2,13,14,15). The second-order valence-corrected chi connectivity index (χ2v) is 5.05. The summed E-state index contributed by atoms with van der Waals surface area (Å²) in [5, 5.41) is 0.485. The summed E-state index contributed by atoms with van der Waals surface area (Å²) in [5.41, 5.74) is 6.62. The number of nitrogens with zero attached hydrogens (tertiary/aromatic N) is 2. The molecule has 1 aromatic rings. The first-order valence-corrected chi connectivity index (χ1v) is 5.56. The predicted molar refractivity (Wildman–Crippen MR) is 64.1 cm³/mol. The van der Waals surface area contributed by atoms with Crippen LogP contribution in [0.15, 0.2) is 0 Å². The summed E-state index contributed by atoms with van der Waals surface area (Å²) >= 11 is 6.12. The van der Waals surface area contributed by atoms with Crippen LogP contribution in [0, 0.1) is 0 Å². The quantitative estimate of drug-likeness (QED) is 0.791. The summed E-state index contributed by atoms with van der Waals surface area (Å²) in [6.45, 7) is 8.22. The second-order valence-electron chi connectivity index (χ2n) is 4.69. The summed E-state index contributed by atoms with van der Waals surface area (Å²) in [5.74, 6) is 1.24. The molecule has 0 bridgehead atoms. The Kier molecular flexibility index (Phi) is 3.55. The van der Waals surface area contributed by atoms with Crippen LogP contribution in [-0.4, -0.2) is 9.97 Å². The molecule has 0 unspecified atom stereocenters. The van der Waals surface area contributed by atoms with Crippen molar-refractivity contribution in [2.24, 2.45) is 0 Å². The molecule has 0 radical (unpaired) electrons. The molecule has 0 amide bonds. The van der Waals surface area contributed by atoms with E-state index in [9.17, 15) is 0 Å². The van der Waals surface area contributed by atoms with Gasteiger partial charge >= 0.3 is 0 Å². The fourth-order valence-electron chi connectivity index (χ4n) is 1.52. The topological polar surface area (TPSA) is 51.8 Å². The van der Waals surface area contributed by atoms with Crippen LogP contribution < -0.4 is 5.73 Å². The van der Waals surface area contributed by atoms with Gasteiger partial charge in [0.05, 0.1) is 0 Å². The minimum absolute atomic E-state index is 0.119. The molecule has 15 heavy (non-hydrogen) atoms. The largest absolute Gasteiger partial charge is 0.383 e. The monoisotopic (exact) mass is 227 g/mol. The van der Waals surface area contributed by atoms with Crippen molar-refractivity contribution in [2.75, 3.05) is 5.73 Å². The molecular weight excluding hydrogens is 210 g/mol. The Hall–Kier alpha value is -0.830. The minimum Gasteiger partial charge on any atom is -0.383 e. The molecule has 0 saturated heterocycles. The van der Waals surface area contributed by atoms with Crippen molar-refractivity contribution in [3.05, 3.63) is 16.5 Å². The van der Waals surface area contributed by atoms with Crippen LogP contribution in [0.3, 0.4) is 0 Å². The zero-order chi connectivity index (χ0) is 11.6. The van der Waals surface area contributed by atoms with Crippen LogP contribution in [-0.2, 0) is 11.8 Å². The number of nitrogen functional groups attached to an aromatic ring is 1. The maximum absolute atomic E-state index is 6.12. The van der Waals surface area contributed by atoms with Gasteiger partial charge in [0.2, 0.25) is 0 Å². The van der Waals surface area contributed by atoms with Gasteiger partial charge in [0, 0.05) is 12.0 Å². The normalized spacial score (nSPS) is 11.8. The highest BCUT2D eigenvalue weighted by Crippen LogP contribution is 2.31. The SMILES string of the molecule is CCCc1nc(N)c(C(C)(C)C)c(Cl)n1. The van der Waals surface area contributed by atoms with Crippen LogP contribution in [0.4, 0.5) is 5.82 Å². The molecule has 0 spiro atoms. The van der Waals surface area contributed by atoms with E-state index in [1.54, 1.807) is 0 Å². The smallest absolute Gasteiger partial charge is 0.138 e. The first kappa shape index (κ1) is 12.2. The van der Waals surface area contributed by atoms with E-state index in [1.807, 2.05) is 20.8 Å². The molecule has 84 valence electrons. The van der Waals surface area contributed by atoms with Gasteiger partial charge in [-0.25, -0.2) is 9.97 Å². The maximum Gasteiger partial charge on any atom is 0.138 e. The lowest BCUT2D eigenvalue weighted by Crippen LogP contribution is -2.17. The molecule has 2 N–H and O–H groups in total. The molecule has 0 aliphatic rings. The number of aromatic nitrogens is 2. The molecule has 1 aromatic heterocycles. The van der Waals surface area contributed by atoms with Gasteiger partial charge in [-0.05, 0) is 11.8 Å². The lowest BCUT2D eigenvalue weighted by molar-refractivity contribution is 0.585. The van der Waals surface area contributed by atoms with Gasteiger partial charge in [-0.2, -0.15) is 0 Å². The van der Waals surface area contributed by atoms with Crippen molar-refractivity contribution in [3.63, 3.8) is 0 Å². The van der Waals surface area contributed by atoms with E-state index in [-0.39, 0.29) is 5.41 Å². The maximum atomic E-state index is 6.12.